The van der Waals surface area contributed by atoms with E-state index in [-0.39, 0.29) is 5.41 Å². The van der Waals surface area contributed by atoms with Gasteiger partial charge in [0.15, 0.2) is 5.96 Å². The molecule has 26 heavy (non-hydrogen) atoms. The average molecular weight is 362 g/mol. The highest BCUT2D eigenvalue weighted by Crippen LogP contribution is 2.24. The lowest BCUT2D eigenvalue weighted by atomic mass is 9.84. The first-order valence-corrected chi connectivity index (χ1v) is 9.80. The molecule has 2 rings (SSSR count). The molecular weight excluding hydrogens is 326 g/mol. The summed E-state index contributed by atoms with van der Waals surface area (Å²) in [5.41, 5.74) is 1.88. The van der Waals surface area contributed by atoms with E-state index in [4.69, 9.17) is 9.73 Å². The molecule has 3 N–H and O–H groups in total. The quantitative estimate of drug-likeness (QED) is 0.516. The molecule has 0 unspecified atom stereocenters. The van der Waals surface area contributed by atoms with Gasteiger partial charge in [0.1, 0.15) is 0 Å². The van der Waals surface area contributed by atoms with E-state index >= 15 is 0 Å². The summed E-state index contributed by atoms with van der Waals surface area (Å²) in [4.78, 5) is 4.77. The van der Waals surface area contributed by atoms with Gasteiger partial charge >= 0.3 is 0 Å². The summed E-state index contributed by atoms with van der Waals surface area (Å²) in [6.45, 7) is 11.8. The van der Waals surface area contributed by atoms with Crippen molar-refractivity contribution in [1.82, 2.24) is 10.6 Å². The van der Waals surface area contributed by atoms with Crippen LogP contribution in [0.5, 0.6) is 0 Å². The Bertz CT molecular complexity index is 575. The first kappa shape index (κ1) is 20.7. The third-order valence-corrected chi connectivity index (χ3v) is 5.13. The van der Waals surface area contributed by atoms with Crippen molar-refractivity contribution < 1.29 is 9.84 Å². The summed E-state index contributed by atoms with van der Waals surface area (Å²) < 4.78 is 5.34. The Morgan fingerprint density at radius 1 is 1.15 bits per heavy atom. The van der Waals surface area contributed by atoms with E-state index in [0.29, 0.717) is 39.1 Å². The first-order valence-electron chi connectivity index (χ1n) is 9.80. The summed E-state index contributed by atoms with van der Waals surface area (Å²) in [7, 11) is 0. The Morgan fingerprint density at radius 2 is 1.81 bits per heavy atom. The largest absolute Gasteiger partial charge is 0.388 e. The topological polar surface area (TPSA) is 65.9 Å². The average Bonchev–Trinajstić information content (AvgIpc) is 2.65. The standard InChI is InChI=1S/C21H35N3O2/c1-5-17-7-9-18(10-8-17)20(3,4)15-23-19(22-6-2)24-16-21(25)11-13-26-14-12-21/h7-10,25H,5-6,11-16H2,1-4H3,(H2,22,23,24). The molecule has 0 radical (unpaired) electrons. The lowest BCUT2D eigenvalue weighted by Gasteiger charge is -2.32. The van der Waals surface area contributed by atoms with Crippen molar-refractivity contribution >= 4 is 5.96 Å². The van der Waals surface area contributed by atoms with Gasteiger partial charge in [-0.1, -0.05) is 45.0 Å². The number of hydrogen-bond donors (Lipinski definition) is 3. The van der Waals surface area contributed by atoms with Gasteiger partial charge in [0.2, 0.25) is 0 Å². The monoisotopic (exact) mass is 361 g/mol. The van der Waals surface area contributed by atoms with Gasteiger partial charge in [-0.3, -0.25) is 4.99 Å². The van der Waals surface area contributed by atoms with Crippen LogP contribution in [0.2, 0.25) is 0 Å². The molecular formula is C21H35N3O2. The van der Waals surface area contributed by atoms with Gasteiger partial charge in [-0.05, 0) is 24.5 Å². The van der Waals surface area contributed by atoms with Crippen molar-refractivity contribution in [2.75, 3.05) is 32.8 Å². The van der Waals surface area contributed by atoms with Crippen LogP contribution in [0.3, 0.4) is 0 Å². The molecule has 1 fully saturated rings. The number of aliphatic imine (C=N–C) groups is 1. The second-order valence-corrected chi connectivity index (χ2v) is 7.82. The molecule has 0 bridgehead atoms. The van der Waals surface area contributed by atoms with Crippen molar-refractivity contribution in [1.29, 1.82) is 0 Å². The highest BCUT2D eigenvalue weighted by Gasteiger charge is 2.30. The minimum Gasteiger partial charge on any atom is -0.388 e. The molecule has 5 nitrogen and oxygen atoms in total. The van der Waals surface area contributed by atoms with Gasteiger partial charge in [0, 0.05) is 44.6 Å². The van der Waals surface area contributed by atoms with Gasteiger partial charge in [-0.25, -0.2) is 0 Å². The Morgan fingerprint density at radius 3 is 2.38 bits per heavy atom. The highest BCUT2D eigenvalue weighted by molar-refractivity contribution is 5.79. The Hall–Kier alpha value is -1.59. The minimum atomic E-state index is -0.708. The number of aryl methyl sites for hydroxylation is 1. The summed E-state index contributed by atoms with van der Waals surface area (Å²) in [5, 5.41) is 17.2. The molecule has 1 heterocycles. The molecule has 1 aromatic carbocycles. The van der Waals surface area contributed by atoms with Crippen LogP contribution in [0, 0.1) is 0 Å². The van der Waals surface area contributed by atoms with Crippen molar-refractivity contribution in [3.8, 4) is 0 Å². The molecule has 0 spiro atoms. The van der Waals surface area contributed by atoms with E-state index in [1.54, 1.807) is 0 Å². The van der Waals surface area contributed by atoms with E-state index in [0.717, 1.165) is 18.9 Å². The zero-order valence-corrected chi connectivity index (χ0v) is 16.8. The second-order valence-electron chi connectivity index (χ2n) is 7.82. The van der Waals surface area contributed by atoms with Crippen LogP contribution < -0.4 is 10.6 Å². The van der Waals surface area contributed by atoms with Crippen LogP contribution >= 0.6 is 0 Å². The van der Waals surface area contributed by atoms with Gasteiger partial charge in [-0.15, -0.1) is 0 Å². The van der Waals surface area contributed by atoms with Gasteiger partial charge in [-0.2, -0.15) is 0 Å². The van der Waals surface area contributed by atoms with Crippen molar-refractivity contribution in [3.05, 3.63) is 35.4 Å². The Balaban J connectivity index is 1.99. The third-order valence-electron chi connectivity index (χ3n) is 5.13. The van der Waals surface area contributed by atoms with Crippen LogP contribution in [-0.2, 0) is 16.6 Å². The molecule has 0 aromatic heterocycles. The number of guanidine groups is 1. The summed E-state index contributed by atoms with van der Waals surface area (Å²) in [6.07, 6.45) is 2.38. The van der Waals surface area contributed by atoms with Gasteiger partial charge in [0.05, 0.1) is 12.1 Å². The molecule has 0 aliphatic carbocycles. The van der Waals surface area contributed by atoms with Crippen LogP contribution in [0.1, 0.15) is 51.7 Å². The molecule has 1 aliphatic rings. The second kappa shape index (κ2) is 9.38. The molecule has 1 aliphatic heterocycles. The smallest absolute Gasteiger partial charge is 0.191 e. The SMILES string of the molecule is CCNC(=NCC(C)(C)c1ccc(CC)cc1)NCC1(O)CCOCC1. The van der Waals surface area contributed by atoms with Crippen LogP contribution in [0.25, 0.3) is 0 Å². The first-order chi connectivity index (χ1) is 12.4. The predicted octanol–water partition coefficient (Wildman–Crippen LogP) is 2.62. The van der Waals surface area contributed by atoms with E-state index in [1.807, 2.05) is 0 Å². The number of ether oxygens (including phenoxy) is 1. The maximum Gasteiger partial charge on any atom is 0.191 e. The molecule has 0 atom stereocenters. The number of aliphatic hydroxyl groups is 1. The summed E-state index contributed by atoms with van der Waals surface area (Å²) in [6, 6.07) is 8.81. The number of nitrogens with one attached hydrogen (secondary N) is 2. The normalized spacial score (nSPS) is 17.8. The zero-order valence-electron chi connectivity index (χ0n) is 16.8. The fourth-order valence-electron chi connectivity index (χ4n) is 3.08. The van der Waals surface area contributed by atoms with E-state index < -0.39 is 5.60 Å². The third kappa shape index (κ3) is 5.99. The van der Waals surface area contributed by atoms with Crippen molar-refractivity contribution in [2.24, 2.45) is 4.99 Å². The zero-order chi connectivity index (χ0) is 19.0. The maximum absolute atomic E-state index is 10.6. The van der Waals surface area contributed by atoms with Crippen LogP contribution in [0.4, 0.5) is 0 Å². The summed E-state index contributed by atoms with van der Waals surface area (Å²) >= 11 is 0. The van der Waals surface area contributed by atoms with Crippen LogP contribution in [-0.4, -0.2) is 49.5 Å². The number of hydrogen-bond acceptors (Lipinski definition) is 3. The molecule has 0 saturated carbocycles. The Labute approximate surface area is 158 Å². The lowest BCUT2D eigenvalue weighted by Crippen LogP contribution is -2.49. The maximum atomic E-state index is 10.6. The molecule has 5 heteroatoms. The minimum absolute atomic E-state index is 0.0514. The lowest BCUT2D eigenvalue weighted by molar-refractivity contribution is -0.0594. The molecule has 1 aromatic rings. The van der Waals surface area contributed by atoms with Crippen LogP contribution in [0.15, 0.2) is 29.3 Å². The number of rotatable bonds is 7. The summed E-state index contributed by atoms with van der Waals surface area (Å²) in [5.74, 6) is 0.755. The van der Waals surface area contributed by atoms with Crippen molar-refractivity contribution in [3.63, 3.8) is 0 Å². The fraction of sp³-hybridized carbons (Fsp3) is 0.667. The van der Waals surface area contributed by atoms with Crippen molar-refractivity contribution in [2.45, 2.75) is 58.0 Å². The molecule has 1 saturated heterocycles. The van der Waals surface area contributed by atoms with Gasteiger partial charge in [0.25, 0.3) is 0 Å². The number of benzene rings is 1. The molecule has 0 amide bonds. The number of nitrogens with zero attached hydrogens (tertiary/aromatic N) is 1. The van der Waals surface area contributed by atoms with E-state index in [1.165, 1.54) is 11.1 Å². The predicted molar refractivity (Wildman–Crippen MR) is 108 cm³/mol. The molecule has 146 valence electrons. The van der Waals surface area contributed by atoms with Gasteiger partial charge < -0.3 is 20.5 Å². The van der Waals surface area contributed by atoms with E-state index in [2.05, 4.69) is 62.6 Å². The van der Waals surface area contributed by atoms with E-state index in [9.17, 15) is 5.11 Å². The Kier molecular flexibility index (Phi) is 7.47. The fourth-order valence-corrected chi connectivity index (χ4v) is 3.08. The highest BCUT2D eigenvalue weighted by atomic mass is 16.5.